The predicted molar refractivity (Wildman–Crippen MR) is 68.6 cm³/mol. The van der Waals surface area contributed by atoms with Crippen molar-refractivity contribution in [2.45, 2.75) is 49.4 Å². The zero-order valence-electron chi connectivity index (χ0n) is 10.0. The molecule has 3 unspecified atom stereocenters. The number of likely N-dealkylation sites (tertiary alicyclic amines) is 1. The third-order valence-electron chi connectivity index (χ3n) is 3.85. The summed E-state index contributed by atoms with van der Waals surface area (Å²) >= 11 is 2.06. The Bertz CT molecular complexity index is 198. The van der Waals surface area contributed by atoms with Crippen molar-refractivity contribution >= 4 is 11.8 Å². The van der Waals surface area contributed by atoms with Crippen LogP contribution in [0.15, 0.2) is 0 Å². The second kappa shape index (κ2) is 5.55. The van der Waals surface area contributed by atoms with Crippen molar-refractivity contribution in [3.05, 3.63) is 0 Å². The van der Waals surface area contributed by atoms with Gasteiger partial charge in [-0.15, -0.1) is 0 Å². The predicted octanol–water partition coefficient (Wildman–Crippen LogP) is 1.95. The van der Waals surface area contributed by atoms with Crippen LogP contribution in [-0.4, -0.2) is 48.6 Å². The first-order valence-corrected chi connectivity index (χ1v) is 7.56. The van der Waals surface area contributed by atoms with Gasteiger partial charge in [0.25, 0.3) is 0 Å². The van der Waals surface area contributed by atoms with Crippen LogP contribution in [0.5, 0.6) is 0 Å². The van der Waals surface area contributed by atoms with Gasteiger partial charge in [0, 0.05) is 23.9 Å². The summed E-state index contributed by atoms with van der Waals surface area (Å²) in [5.74, 6) is 0. The monoisotopic (exact) mass is 228 g/mol. The quantitative estimate of drug-likeness (QED) is 0.795. The molecule has 1 saturated heterocycles. The lowest BCUT2D eigenvalue weighted by atomic mass is 9.94. The van der Waals surface area contributed by atoms with Gasteiger partial charge in [0.1, 0.15) is 0 Å². The summed E-state index contributed by atoms with van der Waals surface area (Å²) < 4.78 is 0. The highest BCUT2D eigenvalue weighted by molar-refractivity contribution is 7.99. The molecule has 88 valence electrons. The van der Waals surface area contributed by atoms with Crippen LogP contribution in [0, 0.1) is 0 Å². The molecular formula is C12H24N2S. The molecule has 1 N–H and O–H groups in total. The maximum Gasteiger partial charge on any atom is 0.0210 e. The Hall–Kier alpha value is 0.270. The number of nitrogens with one attached hydrogen (secondary N) is 1. The summed E-state index contributed by atoms with van der Waals surface area (Å²) in [6, 6.07) is 1.54. The third-order valence-corrected chi connectivity index (χ3v) is 5.02. The summed E-state index contributed by atoms with van der Waals surface area (Å²) in [6.45, 7) is 2.52. The van der Waals surface area contributed by atoms with E-state index in [-0.39, 0.29) is 0 Å². The van der Waals surface area contributed by atoms with Crippen LogP contribution in [0.3, 0.4) is 0 Å². The molecule has 1 saturated carbocycles. The maximum absolute atomic E-state index is 3.89. The molecule has 2 aliphatic rings. The van der Waals surface area contributed by atoms with E-state index < -0.39 is 0 Å². The van der Waals surface area contributed by atoms with E-state index in [1.165, 1.54) is 45.2 Å². The van der Waals surface area contributed by atoms with Gasteiger partial charge in [0.15, 0.2) is 0 Å². The molecule has 2 fully saturated rings. The minimum atomic E-state index is 0.757. The number of rotatable bonds is 3. The highest BCUT2D eigenvalue weighted by Gasteiger charge is 2.28. The van der Waals surface area contributed by atoms with E-state index in [0.29, 0.717) is 0 Å². The van der Waals surface area contributed by atoms with Gasteiger partial charge in [-0.25, -0.2) is 0 Å². The van der Waals surface area contributed by atoms with Gasteiger partial charge < -0.3 is 10.2 Å². The first-order chi connectivity index (χ1) is 7.29. The largest absolute Gasteiger partial charge is 0.309 e. The maximum atomic E-state index is 3.89. The van der Waals surface area contributed by atoms with Crippen LogP contribution in [0.1, 0.15) is 32.1 Å². The molecule has 3 heteroatoms. The van der Waals surface area contributed by atoms with E-state index in [2.05, 4.69) is 35.3 Å². The average molecular weight is 228 g/mol. The Kier molecular flexibility index (Phi) is 4.35. The van der Waals surface area contributed by atoms with Gasteiger partial charge in [-0.1, -0.05) is 12.8 Å². The lowest BCUT2D eigenvalue weighted by molar-refractivity contribution is 0.335. The Labute approximate surface area is 98.2 Å². The summed E-state index contributed by atoms with van der Waals surface area (Å²) in [7, 11) is 2.23. The fourth-order valence-electron chi connectivity index (χ4n) is 2.94. The summed E-state index contributed by atoms with van der Waals surface area (Å²) in [6.07, 6.45) is 9.29. The second-order valence-corrected chi connectivity index (χ2v) is 6.16. The van der Waals surface area contributed by atoms with E-state index in [1.807, 2.05) is 0 Å². The second-order valence-electron chi connectivity index (χ2n) is 5.08. The number of thioether (sulfide) groups is 1. The normalized spacial score (nSPS) is 38.4. The smallest absolute Gasteiger partial charge is 0.0210 e. The molecule has 2 rings (SSSR count). The van der Waals surface area contributed by atoms with Gasteiger partial charge >= 0.3 is 0 Å². The van der Waals surface area contributed by atoms with Crippen molar-refractivity contribution in [1.29, 1.82) is 0 Å². The van der Waals surface area contributed by atoms with Gasteiger partial charge in [-0.05, 0) is 39.1 Å². The van der Waals surface area contributed by atoms with Gasteiger partial charge in [-0.2, -0.15) is 11.8 Å². The minimum Gasteiger partial charge on any atom is -0.309 e. The number of likely N-dealkylation sites (N-methyl/N-ethyl adjacent to an activating group) is 1. The Balaban J connectivity index is 1.81. The Morgan fingerprint density at radius 1 is 1.20 bits per heavy atom. The summed E-state index contributed by atoms with van der Waals surface area (Å²) in [4.78, 5) is 2.44. The van der Waals surface area contributed by atoms with Crippen LogP contribution >= 0.6 is 11.8 Å². The zero-order valence-corrected chi connectivity index (χ0v) is 10.9. The summed E-state index contributed by atoms with van der Waals surface area (Å²) in [5.41, 5.74) is 0. The van der Waals surface area contributed by atoms with Crippen LogP contribution < -0.4 is 5.32 Å². The third kappa shape index (κ3) is 3.11. The van der Waals surface area contributed by atoms with Crippen LogP contribution in [0.2, 0.25) is 0 Å². The van der Waals surface area contributed by atoms with E-state index in [0.717, 1.165) is 17.3 Å². The SMILES string of the molecule is CSC1CCCCC1NC1CCN(C)C1. The molecule has 0 amide bonds. The summed E-state index contributed by atoms with van der Waals surface area (Å²) in [5, 5.41) is 4.75. The molecule has 3 atom stereocenters. The molecule has 0 aromatic rings. The lowest BCUT2D eigenvalue weighted by Crippen LogP contribution is -2.46. The van der Waals surface area contributed by atoms with E-state index in [1.54, 1.807) is 0 Å². The minimum absolute atomic E-state index is 0.757. The molecule has 1 heterocycles. The zero-order chi connectivity index (χ0) is 10.7. The van der Waals surface area contributed by atoms with E-state index in [4.69, 9.17) is 0 Å². The van der Waals surface area contributed by atoms with Gasteiger partial charge in [-0.3, -0.25) is 0 Å². The molecule has 0 spiro atoms. The molecule has 1 aliphatic carbocycles. The topological polar surface area (TPSA) is 15.3 Å². The Morgan fingerprint density at radius 3 is 2.67 bits per heavy atom. The molecule has 0 aromatic heterocycles. The van der Waals surface area contributed by atoms with Gasteiger partial charge in [0.2, 0.25) is 0 Å². The molecule has 0 aromatic carbocycles. The van der Waals surface area contributed by atoms with Crippen molar-refractivity contribution in [2.24, 2.45) is 0 Å². The first kappa shape index (κ1) is 11.7. The first-order valence-electron chi connectivity index (χ1n) is 6.27. The highest BCUT2D eigenvalue weighted by atomic mass is 32.2. The number of hydrogen-bond acceptors (Lipinski definition) is 3. The molecule has 15 heavy (non-hydrogen) atoms. The van der Waals surface area contributed by atoms with Crippen LogP contribution in [-0.2, 0) is 0 Å². The van der Waals surface area contributed by atoms with E-state index >= 15 is 0 Å². The number of nitrogens with zero attached hydrogens (tertiary/aromatic N) is 1. The number of hydrogen-bond donors (Lipinski definition) is 1. The molecule has 1 aliphatic heterocycles. The standard InChI is InChI=1S/C12H24N2S/c1-14-8-7-10(9-14)13-11-5-3-4-6-12(11)15-2/h10-13H,3-9H2,1-2H3. The van der Waals surface area contributed by atoms with Crippen molar-refractivity contribution < 1.29 is 0 Å². The average Bonchev–Trinajstić information content (AvgIpc) is 2.65. The van der Waals surface area contributed by atoms with E-state index in [9.17, 15) is 0 Å². The van der Waals surface area contributed by atoms with Crippen molar-refractivity contribution in [3.8, 4) is 0 Å². The van der Waals surface area contributed by atoms with Crippen molar-refractivity contribution in [3.63, 3.8) is 0 Å². The fraction of sp³-hybridized carbons (Fsp3) is 1.00. The Morgan fingerprint density at radius 2 is 2.00 bits per heavy atom. The molecular weight excluding hydrogens is 204 g/mol. The van der Waals surface area contributed by atoms with Crippen LogP contribution in [0.4, 0.5) is 0 Å². The van der Waals surface area contributed by atoms with Crippen molar-refractivity contribution in [1.82, 2.24) is 10.2 Å². The molecule has 2 nitrogen and oxygen atoms in total. The molecule has 0 bridgehead atoms. The van der Waals surface area contributed by atoms with Gasteiger partial charge in [0.05, 0.1) is 0 Å². The van der Waals surface area contributed by atoms with Crippen molar-refractivity contribution in [2.75, 3.05) is 26.4 Å². The fourth-order valence-corrected chi connectivity index (χ4v) is 3.89. The molecule has 0 radical (unpaired) electrons. The highest BCUT2D eigenvalue weighted by Crippen LogP contribution is 2.28. The lowest BCUT2D eigenvalue weighted by Gasteiger charge is -2.33. The van der Waals surface area contributed by atoms with Crippen LogP contribution in [0.25, 0.3) is 0 Å².